The van der Waals surface area contributed by atoms with Crippen molar-refractivity contribution in [2.75, 3.05) is 0 Å². The molecule has 1 atom stereocenters. The van der Waals surface area contributed by atoms with E-state index in [1.165, 1.54) is 30.9 Å². The Morgan fingerprint density at radius 2 is 1.23 bits per heavy atom. The molecule has 6 aromatic rings. The molecule has 0 N–H and O–H groups in total. The maximum Gasteiger partial charge on any atom is 0.172 e. The third-order valence-corrected chi connectivity index (χ3v) is 10.8. The highest BCUT2D eigenvalue weighted by atomic mass is 32.1. The number of fused-ring (bicyclic) bond motifs is 9. The Hall–Kier alpha value is -3.19. The van der Waals surface area contributed by atoms with E-state index in [0.717, 1.165) is 27.0 Å². The monoisotopic (exact) mass is 432 g/mol. The Labute approximate surface area is 184 Å². The molecule has 7 rings (SSSR count). The first-order valence-electron chi connectivity index (χ1n) is 10.4. The van der Waals surface area contributed by atoms with E-state index in [0.29, 0.717) is 0 Å². The Morgan fingerprint density at radius 3 is 2.10 bits per heavy atom. The first-order valence-corrected chi connectivity index (χ1v) is 12.9. The normalized spacial score (nSPS) is 17.3. The highest BCUT2D eigenvalue weighted by molar-refractivity contribution is 7.86. The van der Waals surface area contributed by atoms with Gasteiger partial charge in [0.1, 0.15) is 0 Å². The van der Waals surface area contributed by atoms with Gasteiger partial charge in [-0.1, -0.05) is 84.9 Å². The molecular weight excluding hydrogens is 415 g/mol. The maximum atomic E-state index is 15.0. The van der Waals surface area contributed by atoms with Crippen molar-refractivity contribution in [2.24, 2.45) is 0 Å². The van der Waals surface area contributed by atoms with E-state index < -0.39 is 7.14 Å². The van der Waals surface area contributed by atoms with Crippen LogP contribution in [-0.2, 0) is 4.57 Å². The van der Waals surface area contributed by atoms with E-state index in [9.17, 15) is 4.57 Å². The molecule has 1 aliphatic rings. The Kier molecular flexibility index (Phi) is 3.48. The largest absolute Gasteiger partial charge is 0.309 e. The molecular formula is C28H17OPS. The van der Waals surface area contributed by atoms with Gasteiger partial charge in [-0.15, -0.1) is 11.3 Å². The molecule has 0 aliphatic carbocycles. The van der Waals surface area contributed by atoms with Gasteiger partial charge in [0.25, 0.3) is 0 Å². The van der Waals surface area contributed by atoms with Crippen molar-refractivity contribution in [3.63, 3.8) is 0 Å². The Morgan fingerprint density at radius 1 is 0.548 bits per heavy atom. The predicted octanol–water partition coefficient (Wildman–Crippen LogP) is 6.83. The second-order valence-electron chi connectivity index (χ2n) is 8.06. The van der Waals surface area contributed by atoms with Crippen molar-refractivity contribution in [2.45, 2.75) is 0 Å². The molecule has 31 heavy (non-hydrogen) atoms. The van der Waals surface area contributed by atoms with Gasteiger partial charge in [-0.2, -0.15) is 0 Å². The van der Waals surface area contributed by atoms with Crippen LogP contribution in [0, 0.1) is 0 Å². The number of rotatable bonds is 1. The van der Waals surface area contributed by atoms with Crippen LogP contribution in [0.4, 0.5) is 0 Å². The van der Waals surface area contributed by atoms with Crippen LogP contribution in [0.2, 0.25) is 0 Å². The molecule has 1 unspecified atom stereocenters. The molecule has 0 spiro atoms. The van der Waals surface area contributed by atoms with Gasteiger partial charge < -0.3 is 4.57 Å². The van der Waals surface area contributed by atoms with Crippen LogP contribution in [0.5, 0.6) is 0 Å². The molecule has 0 saturated carbocycles. The van der Waals surface area contributed by atoms with E-state index in [1.54, 1.807) is 0 Å². The highest BCUT2D eigenvalue weighted by Gasteiger charge is 2.42. The lowest BCUT2D eigenvalue weighted by Gasteiger charge is -2.16. The summed E-state index contributed by atoms with van der Waals surface area (Å²) >= 11 is 1.81. The molecule has 0 amide bonds. The molecule has 5 aromatic carbocycles. The zero-order valence-electron chi connectivity index (χ0n) is 16.6. The third-order valence-electron chi connectivity index (χ3n) is 6.48. The summed E-state index contributed by atoms with van der Waals surface area (Å²) in [6.45, 7) is 0. The van der Waals surface area contributed by atoms with Crippen LogP contribution in [0.1, 0.15) is 0 Å². The van der Waals surface area contributed by atoms with Crippen LogP contribution in [0.25, 0.3) is 42.1 Å². The fraction of sp³-hybridized carbons (Fsp3) is 0. The lowest BCUT2D eigenvalue weighted by atomic mass is 9.97. The van der Waals surface area contributed by atoms with Gasteiger partial charge in [0, 0.05) is 47.2 Å². The third kappa shape index (κ3) is 2.19. The van der Waals surface area contributed by atoms with Gasteiger partial charge in [-0.3, -0.25) is 0 Å². The van der Waals surface area contributed by atoms with Gasteiger partial charge in [0.2, 0.25) is 0 Å². The summed E-state index contributed by atoms with van der Waals surface area (Å²) in [4.78, 5) is 0. The summed E-state index contributed by atoms with van der Waals surface area (Å²) in [5.74, 6) is 0. The van der Waals surface area contributed by atoms with Crippen LogP contribution >= 0.6 is 18.5 Å². The molecule has 3 heteroatoms. The molecule has 1 aromatic heterocycles. The quantitative estimate of drug-likeness (QED) is 0.260. The predicted molar refractivity (Wildman–Crippen MR) is 135 cm³/mol. The topological polar surface area (TPSA) is 17.1 Å². The summed E-state index contributed by atoms with van der Waals surface area (Å²) in [6, 6.07) is 35.6. The second kappa shape index (κ2) is 6.17. The minimum Gasteiger partial charge on any atom is -0.309 e. The van der Waals surface area contributed by atoms with E-state index in [1.807, 2.05) is 41.7 Å². The molecule has 2 heterocycles. The van der Waals surface area contributed by atoms with E-state index in [2.05, 4.69) is 72.8 Å². The van der Waals surface area contributed by atoms with E-state index in [-0.39, 0.29) is 0 Å². The van der Waals surface area contributed by atoms with Gasteiger partial charge in [0.05, 0.1) is 0 Å². The number of thiophene rings is 1. The van der Waals surface area contributed by atoms with Crippen LogP contribution in [0.15, 0.2) is 103 Å². The van der Waals surface area contributed by atoms with E-state index >= 15 is 0 Å². The Balaban J connectivity index is 1.73. The van der Waals surface area contributed by atoms with Gasteiger partial charge in [-0.05, 0) is 29.0 Å². The summed E-state index contributed by atoms with van der Waals surface area (Å²) < 4.78 is 17.5. The zero-order valence-corrected chi connectivity index (χ0v) is 18.3. The van der Waals surface area contributed by atoms with Gasteiger partial charge >= 0.3 is 0 Å². The van der Waals surface area contributed by atoms with Crippen molar-refractivity contribution >= 4 is 65.3 Å². The first-order chi connectivity index (χ1) is 15.3. The van der Waals surface area contributed by atoms with Crippen molar-refractivity contribution in [3.8, 4) is 11.1 Å². The molecule has 146 valence electrons. The van der Waals surface area contributed by atoms with Crippen molar-refractivity contribution in [1.29, 1.82) is 0 Å². The number of hydrogen-bond acceptors (Lipinski definition) is 2. The SMILES string of the molecule is O=P1(c2ccccc2)c2ccc3ccccc3c2-c2c1ccc1c2sc2ccccc21. The summed E-state index contributed by atoms with van der Waals surface area (Å²) in [5.41, 5.74) is 2.31. The van der Waals surface area contributed by atoms with Crippen LogP contribution in [0.3, 0.4) is 0 Å². The highest BCUT2D eigenvalue weighted by Crippen LogP contribution is 2.56. The van der Waals surface area contributed by atoms with Crippen molar-refractivity contribution in [3.05, 3.63) is 103 Å². The summed E-state index contributed by atoms with van der Waals surface area (Å²) in [5, 5.41) is 7.74. The first kappa shape index (κ1) is 17.5. The molecule has 0 radical (unpaired) electrons. The Bertz CT molecular complexity index is 1710. The lowest BCUT2D eigenvalue weighted by molar-refractivity contribution is 0.593. The summed E-state index contributed by atoms with van der Waals surface area (Å²) in [6.07, 6.45) is 0. The van der Waals surface area contributed by atoms with E-state index in [4.69, 9.17) is 0 Å². The average molecular weight is 432 g/mol. The molecule has 0 fully saturated rings. The molecule has 0 bridgehead atoms. The smallest absolute Gasteiger partial charge is 0.172 e. The van der Waals surface area contributed by atoms with Crippen LogP contribution in [-0.4, -0.2) is 0 Å². The standard InChI is InChI=1S/C28H17OPS/c29-30(19-9-2-1-3-10-19)23-16-14-18-8-4-5-11-20(18)26(23)27-24(30)17-15-22-21-12-6-7-13-25(21)31-28(22)27/h1-17H. The molecule has 1 aliphatic heterocycles. The number of benzene rings is 5. The average Bonchev–Trinajstić information content (AvgIpc) is 3.34. The minimum atomic E-state index is -2.95. The molecule has 0 saturated heterocycles. The van der Waals surface area contributed by atoms with Gasteiger partial charge in [0.15, 0.2) is 7.14 Å². The minimum absolute atomic E-state index is 0.908. The summed E-state index contributed by atoms with van der Waals surface area (Å²) in [7, 11) is -2.95. The van der Waals surface area contributed by atoms with Crippen LogP contribution < -0.4 is 15.9 Å². The fourth-order valence-electron chi connectivity index (χ4n) is 5.11. The lowest BCUT2D eigenvalue weighted by Crippen LogP contribution is -2.20. The van der Waals surface area contributed by atoms with Crippen molar-refractivity contribution in [1.82, 2.24) is 0 Å². The van der Waals surface area contributed by atoms with Gasteiger partial charge in [-0.25, -0.2) is 0 Å². The maximum absolute atomic E-state index is 15.0. The number of hydrogen-bond donors (Lipinski definition) is 0. The van der Waals surface area contributed by atoms with Crippen molar-refractivity contribution < 1.29 is 4.57 Å². The zero-order chi connectivity index (χ0) is 20.6. The molecule has 1 nitrogen and oxygen atoms in total. The second-order valence-corrected chi connectivity index (χ2v) is 11.8. The fourth-order valence-corrected chi connectivity index (χ4v) is 9.51.